The summed E-state index contributed by atoms with van der Waals surface area (Å²) in [5, 5.41) is 4.28. The van der Waals surface area contributed by atoms with Crippen LogP contribution in [0.1, 0.15) is 12.8 Å². The quantitative estimate of drug-likeness (QED) is 0.795. The van der Waals surface area contributed by atoms with E-state index in [9.17, 15) is 4.79 Å². The molecule has 3 N–H and O–H groups in total. The van der Waals surface area contributed by atoms with Gasteiger partial charge in [0.1, 0.15) is 0 Å². The molecule has 1 saturated carbocycles. The van der Waals surface area contributed by atoms with E-state index < -0.39 is 0 Å². The lowest BCUT2D eigenvalue weighted by Crippen LogP contribution is -2.44. The van der Waals surface area contributed by atoms with Crippen molar-refractivity contribution in [1.29, 1.82) is 0 Å². The Morgan fingerprint density at radius 1 is 1.44 bits per heavy atom. The number of primary amides is 1. The largest absolute Gasteiger partial charge is 0.368 e. The number of hydrogen-bond acceptors (Lipinski definition) is 3. The number of thioether (sulfide) groups is 1. The van der Waals surface area contributed by atoms with Crippen molar-refractivity contribution in [1.82, 2.24) is 5.32 Å². The summed E-state index contributed by atoms with van der Waals surface area (Å²) in [4.78, 5) is 12.3. The number of benzene rings is 1. The molecule has 3 nitrogen and oxygen atoms in total. The van der Waals surface area contributed by atoms with E-state index in [0.717, 1.165) is 17.7 Å². The Morgan fingerprint density at radius 3 is 2.72 bits per heavy atom. The highest BCUT2D eigenvalue weighted by molar-refractivity contribution is 7.99. The summed E-state index contributed by atoms with van der Waals surface area (Å²) in [5.41, 5.74) is 5.37. The maximum Gasteiger partial charge on any atom is 0.235 e. The molecule has 18 heavy (non-hydrogen) atoms. The number of carbonyl (C=O) groups is 1. The van der Waals surface area contributed by atoms with Gasteiger partial charge in [0.2, 0.25) is 5.91 Å². The van der Waals surface area contributed by atoms with E-state index in [1.165, 1.54) is 0 Å². The Morgan fingerprint density at radius 2 is 2.17 bits per heavy atom. The smallest absolute Gasteiger partial charge is 0.235 e. The molecule has 1 fully saturated rings. The van der Waals surface area contributed by atoms with E-state index in [0.29, 0.717) is 21.8 Å². The van der Waals surface area contributed by atoms with Gasteiger partial charge in [-0.05, 0) is 31.0 Å². The van der Waals surface area contributed by atoms with Gasteiger partial charge in [0.15, 0.2) is 0 Å². The normalized spacial score (nSPS) is 16.6. The van der Waals surface area contributed by atoms with Crippen molar-refractivity contribution < 1.29 is 4.79 Å². The molecule has 98 valence electrons. The number of hydrogen-bond donors (Lipinski definition) is 2. The second-order valence-corrected chi connectivity index (χ2v) is 6.19. The number of nitrogens with one attached hydrogen (secondary N) is 1. The molecule has 6 heteroatoms. The zero-order valence-corrected chi connectivity index (χ0v) is 12.0. The zero-order chi connectivity index (χ0) is 13.1. The number of nitrogens with two attached hydrogens (primary N) is 1. The average molecular weight is 305 g/mol. The summed E-state index contributed by atoms with van der Waals surface area (Å²) in [6.07, 6.45) is 2.25. The Kier molecular flexibility index (Phi) is 4.78. The first-order valence-corrected chi connectivity index (χ1v) is 7.43. The Balaban J connectivity index is 1.91. The third-order valence-electron chi connectivity index (χ3n) is 2.67. The van der Waals surface area contributed by atoms with Crippen molar-refractivity contribution in [3.63, 3.8) is 0 Å². The van der Waals surface area contributed by atoms with Gasteiger partial charge in [0.25, 0.3) is 0 Å². The van der Waals surface area contributed by atoms with E-state index >= 15 is 0 Å². The van der Waals surface area contributed by atoms with E-state index in [1.54, 1.807) is 23.9 Å². The summed E-state index contributed by atoms with van der Waals surface area (Å²) in [6.45, 7) is 0. The summed E-state index contributed by atoms with van der Waals surface area (Å²) < 4.78 is 0. The highest BCUT2D eigenvalue weighted by atomic mass is 35.5. The predicted molar refractivity (Wildman–Crippen MR) is 76.3 cm³/mol. The molecular weight excluding hydrogens is 291 g/mol. The Bertz CT molecular complexity index is 452. The van der Waals surface area contributed by atoms with E-state index in [4.69, 9.17) is 28.9 Å². The van der Waals surface area contributed by atoms with Crippen molar-refractivity contribution in [2.75, 3.05) is 5.75 Å². The standard InChI is InChI=1S/C12H14Cl2N2OS/c13-9-4-3-8(5-10(9)14)18-6-11(12(15)17)16-7-1-2-7/h3-5,7,11,16H,1-2,6H2,(H2,15,17). The Labute approximate surface area is 120 Å². The minimum Gasteiger partial charge on any atom is -0.368 e. The van der Waals surface area contributed by atoms with E-state index in [1.807, 2.05) is 6.07 Å². The molecule has 1 aromatic carbocycles. The van der Waals surface area contributed by atoms with Crippen LogP contribution in [-0.2, 0) is 4.79 Å². The maximum absolute atomic E-state index is 11.3. The monoisotopic (exact) mass is 304 g/mol. The molecule has 0 aromatic heterocycles. The molecule has 0 saturated heterocycles. The molecule has 1 unspecified atom stereocenters. The maximum atomic E-state index is 11.3. The lowest BCUT2D eigenvalue weighted by atomic mass is 10.3. The van der Waals surface area contributed by atoms with Gasteiger partial charge in [-0.25, -0.2) is 0 Å². The number of carbonyl (C=O) groups excluding carboxylic acids is 1. The summed E-state index contributed by atoms with van der Waals surface area (Å²) in [7, 11) is 0. The van der Waals surface area contributed by atoms with Gasteiger partial charge in [-0.1, -0.05) is 23.2 Å². The molecule has 0 heterocycles. The van der Waals surface area contributed by atoms with Crippen molar-refractivity contribution in [2.45, 2.75) is 29.8 Å². The minimum atomic E-state index is -0.311. The van der Waals surface area contributed by atoms with Crippen molar-refractivity contribution in [2.24, 2.45) is 5.73 Å². The third-order valence-corrected chi connectivity index (χ3v) is 4.49. The van der Waals surface area contributed by atoms with Crippen LogP contribution in [0.3, 0.4) is 0 Å². The summed E-state index contributed by atoms with van der Waals surface area (Å²) in [6, 6.07) is 5.59. The molecule has 1 aromatic rings. The van der Waals surface area contributed by atoms with Gasteiger partial charge < -0.3 is 11.1 Å². The van der Waals surface area contributed by atoms with Crippen LogP contribution in [0.4, 0.5) is 0 Å². The lowest BCUT2D eigenvalue weighted by Gasteiger charge is -2.14. The molecule has 0 radical (unpaired) electrons. The molecule has 0 spiro atoms. The number of rotatable bonds is 6. The first-order chi connectivity index (χ1) is 8.56. The van der Waals surface area contributed by atoms with Crippen LogP contribution in [0.15, 0.2) is 23.1 Å². The second-order valence-electron chi connectivity index (χ2n) is 4.28. The zero-order valence-electron chi connectivity index (χ0n) is 9.66. The van der Waals surface area contributed by atoms with Crippen LogP contribution in [-0.4, -0.2) is 23.7 Å². The Hall–Kier alpha value is -0.420. The molecule has 0 bridgehead atoms. The van der Waals surface area contributed by atoms with Gasteiger partial charge in [-0.2, -0.15) is 0 Å². The van der Waals surface area contributed by atoms with Crippen LogP contribution in [0.5, 0.6) is 0 Å². The van der Waals surface area contributed by atoms with E-state index in [2.05, 4.69) is 5.32 Å². The third kappa shape index (κ3) is 4.05. The van der Waals surface area contributed by atoms with Gasteiger partial charge in [0.05, 0.1) is 16.1 Å². The van der Waals surface area contributed by atoms with Gasteiger partial charge in [-0.3, -0.25) is 4.79 Å². The summed E-state index contributed by atoms with van der Waals surface area (Å²) >= 11 is 13.3. The first-order valence-electron chi connectivity index (χ1n) is 5.69. The van der Waals surface area contributed by atoms with Crippen LogP contribution in [0.25, 0.3) is 0 Å². The van der Waals surface area contributed by atoms with Crippen molar-refractivity contribution >= 4 is 40.9 Å². The molecule has 0 aliphatic heterocycles. The van der Waals surface area contributed by atoms with Crippen molar-refractivity contribution in [3.8, 4) is 0 Å². The molecule has 1 atom stereocenters. The summed E-state index contributed by atoms with van der Waals surface area (Å²) in [5.74, 6) is 0.290. The van der Waals surface area contributed by atoms with Crippen molar-refractivity contribution in [3.05, 3.63) is 28.2 Å². The van der Waals surface area contributed by atoms with Gasteiger partial charge >= 0.3 is 0 Å². The van der Waals surface area contributed by atoms with Crippen LogP contribution in [0.2, 0.25) is 10.0 Å². The fraction of sp³-hybridized carbons (Fsp3) is 0.417. The first kappa shape index (κ1) is 14.0. The highest BCUT2D eigenvalue weighted by Gasteiger charge is 2.27. The predicted octanol–water partition coefficient (Wildman–Crippen LogP) is 2.69. The van der Waals surface area contributed by atoms with Crippen LogP contribution < -0.4 is 11.1 Å². The fourth-order valence-electron chi connectivity index (χ4n) is 1.49. The molecule has 1 aliphatic carbocycles. The fourth-order valence-corrected chi connectivity index (χ4v) is 2.84. The number of amides is 1. The van der Waals surface area contributed by atoms with Crippen LogP contribution in [0, 0.1) is 0 Å². The molecule has 1 aliphatic rings. The van der Waals surface area contributed by atoms with Gasteiger partial charge in [0, 0.05) is 16.7 Å². The molecular formula is C12H14Cl2N2OS. The minimum absolute atomic E-state index is 0.294. The second kappa shape index (κ2) is 6.15. The van der Waals surface area contributed by atoms with E-state index in [-0.39, 0.29) is 11.9 Å². The average Bonchev–Trinajstić information content (AvgIpc) is 3.12. The topological polar surface area (TPSA) is 55.1 Å². The SMILES string of the molecule is NC(=O)C(CSc1ccc(Cl)c(Cl)c1)NC1CC1. The highest BCUT2D eigenvalue weighted by Crippen LogP contribution is 2.28. The van der Waals surface area contributed by atoms with Crippen LogP contribution >= 0.6 is 35.0 Å². The molecule has 1 amide bonds. The van der Waals surface area contributed by atoms with Gasteiger partial charge in [-0.15, -0.1) is 11.8 Å². The number of halogens is 2. The lowest BCUT2D eigenvalue weighted by molar-refractivity contribution is -0.119. The molecule has 2 rings (SSSR count).